The van der Waals surface area contributed by atoms with Crippen molar-refractivity contribution in [2.75, 3.05) is 0 Å². The molecule has 0 unspecified atom stereocenters. The Morgan fingerprint density at radius 1 is 0.615 bits per heavy atom. The van der Waals surface area contributed by atoms with Gasteiger partial charge in [-0.25, -0.2) is 10.9 Å². The van der Waals surface area contributed by atoms with Crippen molar-refractivity contribution in [3.05, 3.63) is 0 Å². The molecule has 6 nitrogen and oxygen atoms in total. The fourth-order valence-electron chi connectivity index (χ4n) is 3.46. The number of carbonyl (C=O) groups excluding carboxylic acids is 2. The molecule has 6 heteroatoms. The lowest BCUT2D eigenvalue weighted by Crippen LogP contribution is -2.20. The third-order valence-corrected chi connectivity index (χ3v) is 5.10. The first-order valence-electron chi connectivity index (χ1n) is 10.4. The minimum Gasteiger partial charge on any atom is -0.273 e. The lowest BCUT2D eigenvalue weighted by molar-refractivity contribution is -0.122. The summed E-state index contributed by atoms with van der Waals surface area (Å²) in [6.07, 6.45) is 16.0. The normalized spacial score (nSPS) is 17.5. The second-order valence-electron chi connectivity index (χ2n) is 7.46. The average molecular weight is 363 g/mol. The molecule has 2 rings (SSSR count). The number of hydrogen-bond donors (Lipinski definition) is 2. The molecule has 2 saturated carbocycles. The first-order chi connectivity index (χ1) is 12.7. The van der Waals surface area contributed by atoms with Gasteiger partial charge in [-0.2, -0.15) is 10.2 Å². The average Bonchev–Trinajstić information content (AvgIpc) is 2.69. The first kappa shape index (κ1) is 20.6. The largest absolute Gasteiger partial charge is 0.273 e. The van der Waals surface area contributed by atoms with Crippen LogP contribution in [0.15, 0.2) is 10.2 Å². The summed E-state index contributed by atoms with van der Waals surface area (Å²) >= 11 is 0. The summed E-state index contributed by atoms with van der Waals surface area (Å²) in [5, 5.41) is 8.46. The molecule has 2 amide bonds. The van der Waals surface area contributed by atoms with Gasteiger partial charge in [0.25, 0.3) is 0 Å². The van der Waals surface area contributed by atoms with Gasteiger partial charge in [-0.3, -0.25) is 9.59 Å². The molecular weight excluding hydrogens is 328 g/mol. The number of unbranched alkanes of at least 4 members (excludes halogenated alkanes) is 3. The number of amides is 2. The molecule has 0 aromatic rings. The van der Waals surface area contributed by atoms with Crippen LogP contribution in [0.1, 0.15) is 103 Å². The maximum absolute atomic E-state index is 11.8. The van der Waals surface area contributed by atoms with E-state index < -0.39 is 0 Å². The van der Waals surface area contributed by atoms with E-state index in [1.807, 2.05) is 0 Å². The molecule has 0 bridgehead atoms. The van der Waals surface area contributed by atoms with E-state index in [0.717, 1.165) is 62.8 Å². The molecule has 146 valence electrons. The van der Waals surface area contributed by atoms with Crippen molar-refractivity contribution in [1.29, 1.82) is 0 Å². The standard InChI is InChI=1S/C20H34N4O2/c25-19(23-21-17-11-5-3-6-12-17)15-9-1-2-10-16-20(26)24-22-18-13-7-4-8-14-18/h1-16H2,(H,23,25)(H,24,26). The molecule has 2 N–H and O–H groups in total. The Hall–Kier alpha value is -1.72. The van der Waals surface area contributed by atoms with Crippen LogP contribution in [0.3, 0.4) is 0 Å². The second kappa shape index (κ2) is 12.6. The molecule has 0 aromatic heterocycles. The zero-order valence-corrected chi connectivity index (χ0v) is 16.0. The third-order valence-electron chi connectivity index (χ3n) is 5.10. The van der Waals surface area contributed by atoms with Gasteiger partial charge in [0.1, 0.15) is 0 Å². The van der Waals surface area contributed by atoms with E-state index in [9.17, 15) is 9.59 Å². The van der Waals surface area contributed by atoms with E-state index >= 15 is 0 Å². The molecule has 2 fully saturated rings. The van der Waals surface area contributed by atoms with Crippen LogP contribution in [0.5, 0.6) is 0 Å². The molecule has 0 heterocycles. The monoisotopic (exact) mass is 362 g/mol. The Morgan fingerprint density at radius 2 is 1.00 bits per heavy atom. The van der Waals surface area contributed by atoms with E-state index in [2.05, 4.69) is 21.1 Å². The highest BCUT2D eigenvalue weighted by atomic mass is 16.2. The molecule has 2 aliphatic carbocycles. The van der Waals surface area contributed by atoms with E-state index in [-0.39, 0.29) is 11.8 Å². The lowest BCUT2D eigenvalue weighted by atomic mass is 9.99. The van der Waals surface area contributed by atoms with Gasteiger partial charge >= 0.3 is 0 Å². The fourth-order valence-corrected chi connectivity index (χ4v) is 3.46. The highest BCUT2D eigenvalue weighted by molar-refractivity contribution is 5.87. The van der Waals surface area contributed by atoms with Crippen molar-refractivity contribution in [2.24, 2.45) is 10.2 Å². The molecule has 0 saturated heterocycles. The Morgan fingerprint density at radius 3 is 1.38 bits per heavy atom. The number of rotatable bonds is 9. The van der Waals surface area contributed by atoms with Crippen molar-refractivity contribution in [1.82, 2.24) is 10.9 Å². The predicted molar refractivity (Wildman–Crippen MR) is 105 cm³/mol. The van der Waals surface area contributed by atoms with Gasteiger partial charge in [0.2, 0.25) is 11.8 Å². The summed E-state index contributed by atoms with van der Waals surface area (Å²) in [6.45, 7) is 0. The van der Waals surface area contributed by atoms with Crippen LogP contribution in [0.4, 0.5) is 0 Å². The third kappa shape index (κ3) is 9.11. The smallest absolute Gasteiger partial charge is 0.240 e. The van der Waals surface area contributed by atoms with Crippen LogP contribution >= 0.6 is 0 Å². The van der Waals surface area contributed by atoms with Gasteiger partial charge < -0.3 is 0 Å². The number of nitrogens with zero attached hydrogens (tertiary/aromatic N) is 2. The van der Waals surface area contributed by atoms with E-state index in [1.54, 1.807) is 0 Å². The minimum atomic E-state index is 0.00382. The van der Waals surface area contributed by atoms with Gasteiger partial charge in [0.15, 0.2) is 0 Å². The van der Waals surface area contributed by atoms with Crippen molar-refractivity contribution in [3.63, 3.8) is 0 Å². The highest BCUT2D eigenvalue weighted by Crippen LogP contribution is 2.15. The molecule has 0 atom stereocenters. The summed E-state index contributed by atoms with van der Waals surface area (Å²) in [5.74, 6) is 0.00764. The summed E-state index contributed by atoms with van der Waals surface area (Å²) in [7, 11) is 0. The van der Waals surface area contributed by atoms with Crippen molar-refractivity contribution < 1.29 is 9.59 Å². The molecule has 2 aliphatic rings. The Labute approximate surface area is 157 Å². The van der Waals surface area contributed by atoms with E-state index in [1.165, 1.54) is 38.5 Å². The highest BCUT2D eigenvalue weighted by Gasteiger charge is 2.09. The van der Waals surface area contributed by atoms with Crippen LogP contribution in [0, 0.1) is 0 Å². The predicted octanol–water partition coefficient (Wildman–Crippen LogP) is 4.20. The lowest BCUT2D eigenvalue weighted by Gasteiger charge is -2.12. The van der Waals surface area contributed by atoms with Crippen LogP contribution in [0.25, 0.3) is 0 Å². The zero-order valence-electron chi connectivity index (χ0n) is 16.0. The first-order valence-corrected chi connectivity index (χ1v) is 10.4. The maximum Gasteiger partial charge on any atom is 0.240 e. The molecule has 0 aliphatic heterocycles. The van der Waals surface area contributed by atoms with Crippen LogP contribution in [-0.4, -0.2) is 23.2 Å². The summed E-state index contributed by atoms with van der Waals surface area (Å²) < 4.78 is 0. The molecule has 0 radical (unpaired) electrons. The van der Waals surface area contributed by atoms with Crippen LogP contribution < -0.4 is 10.9 Å². The Kier molecular flexibility index (Phi) is 9.98. The molecule has 26 heavy (non-hydrogen) atoms. The Bertz CT molecular complexity index is 452. The van der Waals surface area contributed by atoms with Crippen molar-refractivity contribution >= 4 is 23.2 Å². The maximum atomic E-state index is 11.8. The van der Waals surface area contributed by atoms with Crippen molar-refractivity contribution in [3.8, 4) is 0 Å². The zero-order chi connectivity index (χ0) is 18.5. The summed E-state index contributed by atoms with van der Waals surface area (Å²) in [6, 6.07) is 0. The van der Waals surface area contributed by atoms with E-state index in [4.69, 9.17) is 0 Å². The summed E-state index contributed by atoms with van der Waals surface area (Å²) in [5.41, 5.74) is 7.62. The van der Waals surface area contributed by atoms with E-state index in [0.29, 0.717) is 12.8 Å². The fraction of sp³-hybridized carbons (Fsp3) is 0.800. The SMILES string of the molecule is O=C(CCCCCCC(=O)NN=C1CCCCC1)NN=C1CCCCC1. The number of nitrogens with one attached hydrogen (secondary N) is 2. The van der Waals surface area contributed by atoms with Gasteiger partial charge in [-0.05, 0) is 64.2 Å². The van der Waals surface area contributed by atoms with Crippen LogP contribution in [0.2, 0.25) is 0 Å². The minimum absolute atomic E-state index is 0.00382. The van der Waals surface area contributed by atoms with Gasteiger partial charge in [0, 0.05) is 24.3 Å². The van der Waals surface area contributed by atoms with Crippen molar-refractivity contribution in [2.45, 2.75) is 103 Å². The molecule has 0 spiro atoms. The Balaban J connectivity index is 1.44. The van der Waals surface area contributed by atoms with Gasteiger partial charge in [-0.1, -0.05) is 25.7 Å². The van der Waals surface area contributed by atoms with Gasteiger partial charge in [-0.15, -0.1) is 0 Å². The quantitative estimate of drug-likeness (QED) is 0.476. The topological polar surface area (TPSA) is 82.9 Å². The molecule has 0 aromatic carbocycles. The number of hydrazone groups is 2. The number of hydrogen-bond acceptors (Lipinski definition) is 4. The van der Waals surface area contributed by atoms with Gasteiger partial charge in [0.05, 0.1) is 0 Å². The number of carbonyl (C=O) groups is 2. The molecular formula is C20H34N4O2. The van der Waals surface area contributed by atoms with Crippen LogP contribution in [-0.2, 0) is 9.59 Å². The summed E-state index contributed by atoms with van der Waals surface area (Å²) in [4.78, 5) is 23.5. The second-order valence-corrected chi connectivity index (χ2v) is 7.46.